The van der Waals surface area contributed by atoms with E-state index in [0.29, 0.717) is 11.0 Å². The number of benzene rings is 1. The molecular weight excluding hydrogens is 350 g/mol. The molecule has 0 saturated heterocycles. The molecule has 8 nitrogen and oxygen atoms in total. The molecule has 128 valence electrons. The first kappa shape index (κ1) is 16.8. The van der Waals surface area contributed by atoms with E-state index in [9.17, 15) is 8.42 Å². The lowest BCUT2D eigenvalue weighted by molar-refractivity contribution is 0.0733. The summed E-state index contributed by atoms with van der Waals surface area (Å²) >= 11 is 1.58. The summed E-state index contributed by atoms with van der Waals surface area (Å²) in [5, 5.41) is 10.9. The number of thiazole rings is 1. The van der Waals surface area contributed by atoms with Gasteiger partial charge >= 0.3 is 0 Å². The van der Waals surface area contributed by atoms with Gasteiger partial charge in [0.2, 0.25) is 10.0 Å². The highest BCUT2D eigenvalue weighted by atomic mass is 32.2. The molecule has 3 rings (SSSR count). The van der Waals surface area contributed by atoms with E-state index in [-0.39, 0.29) is 11.5 Å². The number of hydrogen-bond acceptors (Lipinski definition) is 7. The minimum absolute atomic E-state index is 0.161. The monoisotopic (exact) mass is 367 g/mol. The fourth-order valence-corrected chi connectivity index (χ4v) is 3.70. The topological polar surface area (TPSA) is 90.2 Å². The molecule has 0 N–H and O–H groups in total. The van der Waals surface area contributed by atoms with Gasteiger partial charge in [-0.15, -0.1) is 16.4 Å². The lowest BCUT2D eigenvalue weighted by atomic mass is 10.3. The third-order valence-electron chi connectivity index (χ3n) is 3.40. The fourth-order valence-electron chi connectivity index (χ4n) is 2.05. The average molecular weight is 367 g/mol. The zero-order chi connectivity index (χ0) is 17.3. The van der Waals surface area contributed by atoms with Crippen LogP contribution in [-0.4, -0.2) is 47.0 Å². The van der Waals surface area contributed by atoms with Crippen LogP contribution in [0.1, 0.15) is 17.6 Å². The molecule has 3 aromatic rings. The van der Waals surface area contributed by atoms with Crippen LogP contribution < -0.4 is 4.84 Å². The van der Waals surface area contributed by atoms with Crippen LogP contribution in [0.4, 0.5) is 0 Å². The SMILES string of the molecule is CCc1nc(COn2nnc3ccc(S(=O)(=O)N(C)C)cc32)cs1. The van der Waals surface area contributed by atoms with Crippen LogP contribution in [-0.2, 0) is 23.1 Å². The summed E-state index contributed by atoms with van der Waals surface area (Å²) in [5.74, 6) is 0. The van der Waals surface area contributed by atoms with Gasteiger partial charge in [0.15, 0.2) is 6.61 Å². The molecule has 0 fully saturated rings. The van der Waals surface area contributed by atoms with Crippen molar-refractivity contribution in [2.75, 3.05) is 14.1 Å². The second kappa shape index (κ2) is 6.46. The summed E-state index contributed by atoms with van der Waals surface area (Å²) in [6.45, 7) is 2.28. The Labute approximate surface area is 143 Å². The highest BCUT2D eigenvalue weighted by Crippen LogP contribution is 2.19. The van der Waals surface area contributed by atoms with Crippen LogP contribution in [0.25, 0.3) is 11.0 Å². The summed E-state index contributed by atoms with van der Waals surface area (Å²) in [7, 11) is -0.561. The summed E-state index contributed by atoms with van der Waals surface area (Å²) < 4.78 is 25.7. The van der Waals surface area contributed by atoms with Crippen LogP contribution in [0.3, 0.4) is 0 Å². The molecule has 0 aliphatic heterocycles. The lowest BCUT2D eigenvalue weighted by Crippen LogP contribution is -2.22. The van der Waals surface area contributed by atoms with E-state index in [1.165, 1.54) is 31.1 Å². The Hall–Kier alpha value is -2.04. The largest absolute Gasteiger partial charge is 0.388 e. The van der Waals surface area contributed by atoms with E-state index in [0.717, 1.165) is 21.4 Å². The van der Waals surface area contributed by atoms with Gasteiger partial charge in [0.1, 0.15) is 11.0 Å². The molecule has 10 heteroatoms. The summed E-state index contributed by atoms with van der Waals surface area (Å²) in [4.78, 5) is 11.4. The molecule has 0 radical (unpaired) electrons. The Balaban J connectivity index is 1.88. The molecule has 24 heavy (non-hydrogen) atoms. The Morgan fingerprint density at radius 3 is 2.79 bits per heavy atom. The first-order valence-electron chi connectivity index (χ1n) is 7.26. The third-order valence-corrected chi connectivity index (χ3v) is 6.25. The van der Waals surface area contributed by atoms with Gasteiger partial charge in [0.05, 0.1) is 15.6 Å². The number of aryl methyl sites for hydroxylation is 1. The van der Waals surface area contributed by atoms with Gasteiger partial charge in [-0.05, 0) is 29.8 Å². The third kappa shape index (κ3) is 3.12. The van der Waals surface area contributed by atoms with Crippen molar-refractivity contribution in [3.63, 3.8) is 0 Å². The molecule has 0 unspecified atom stereocenters. The summed E-state index contributed by atoms with van der Waals surface area (Å²) in [6.07, 6.45) is 0.878. The Morgan fingerprint density at radius 1 is 1.33 bits per heavy atom. The summed E-state index contributed by atoms with van der Waals surface area (Å²) in [6, 6.07) is 4.62. The number of nitrogens with zero attached hydrogens (tertiary/aromatic N) is 5. The molecule has 1 aromatic carbocycles. The van der Waals surface area contributed by atoms with Gasteiger partial charge in [-0.1, -0.05) is 11.8 Å². The number of rotatable bonds is 6. The van der Waals surface area contributed by atoms with E-state index < -0.39 is 10.0 Å². The second-order valence-electron chi connectivity index (χ2n) is 5.26. The van der Waals surface area contributed by atoms with Crippen LogP contribution in [0.15, 0.2) is 28.5 Å². The second-order valence-corrected chi connectivity index (χ2v) is 8.35. The van der Waals surface area contributed by atoms with Gasteiger partial charge in [-0.3, -0.25) is 0 Å². The van der Waals surface area contributed by atoms with Gasteiger partial charge in [0.25, 0.3) is 0 Å². The Kier molecular flexibility index (Phi) is 4.52. The molecular formula is C14H17N5O3S2. The van der Waals surface area contributed by atoms with Crippen molar-refractivity contribution in [1.82, 2.24) is 24.4 Å². The fraction of sp³-hybridized carbons (Fsp3) is 0.357. The van der Waals surface area contributed by atoms with Gasteiger partial charge in [-0.2, -0.15) is 0 Å². The van der Waals surface area contributed by atoms with E-state index in [1.54, 1.807) is 17.4 Å². The van der Waals surface area contributed by atoms with Crippen molar-refractivity contribution in [3.05, 3.63) is 34.3 Å². The van der Waals surface area contributed by atoms with Crippen molar-refractivity contribution in [2.24, 2.45) is 0 Å². The minimum atomic E-state index is -3.53. The predicted octanol–water partition coefficient (Wildman–Crippen LogP) is 1.33. The van der Waals surface area contributed by atoms with Crippen molar-refractivity contribution in [3.8, 4) is 0 Å². The molecule has 0 spiro atoms. The smallest absolute Gasteiger partial charge is 0.242 e. The number of hydrogen-bond donors (Lipinski definition) is 0. The zero-order valence-electron chi connectivity index (χ0n) is 13.5. The van der Waals surface area contributed by atoms with Crippen LogP contribution >= 0.6 is 11.3 Å². The molecule has 0 aliphatic carbocycles. The highest BCUT2D eigenvalue weighted by molar-refractivity contribution is 7.89. The van der Waals surface area contributed by atoms with Crippen molar-refractivity contribution in [2.45, 2.75) is 24.8 Å². The molecule has 0 aliphatic rings. The van der Waals surface area contributed by atoms with E-state index in [2.05, 4.69) is 15.3 Å². The lowest BCUT2D eigenvalue weighted by Gasteiger charge is -2.11. The molecule has 2 heterocycles. The van der Waals surface area contributed by atoms with E-state index >= 15 is 0 Å². The number of aromatic nitrogens is 4. The Bertz CT molecular complexity index is 962. The Morgan fingerprint density at radius 2 is 2.12 bits per heavy atom. The van der Waals surface area contributed by atoms with Gasteiger partial charge in [-0.25, -0.2) is 17.7 Å². The summed E-state index contributed by atoms with van der Waals surface area (Å²) in [5.41, 5.74) is 1.85. The highest BCUT2D eigenvalue weighted by Gasteiger charge is 2.19. The maximum Gasteiger partial charge on any atom is 0.242 e. The van der Waals surface area contributed by atoms with E-state index in [4.69, 9.17) is 4.84 Å². The molecule has 0 amide bonds. The van der Waals surface area contributed by atoms with Gasteiger partial charge in [0, 0.05) is 19.5 Å². The molecule has 0 atom stereocenters. The van der Waals surface area contributed by atoms with Crippen molar-refractivity contribution >= 4 is 32.4 Å². The molecule has 0 saturated carbocycles. The average Bonchev–Trinajstić information content (AvgIpc) is 3.18. The standard InChI is InChI=1S/C14H17N5O3S2/c1-4-14-15-10(9-23-14)8-22-19-13-7-11(24(20,21)18(2)3)5-6-12(13)16-17-19/h5-7,9H,4,8H2,1-3H3. The number of fused-ring (bicyclic) bond motifs is 1. The first-order valence-corrected chi connectivity index (χ1v) is 9.58. The molecule has 2 aromatic heterocycles. The maximum absolute atomic E-state index is 12.3. The first-order chi connectivity index (χ1) is 11.4. The normalized spacial score (nSPS) is 12.2. The van der Waals surface area contributed by atoms with Crippen molar-refractivity contribution in [1.29, 1.82) is 0 Å². The van der Waals surface area contributed by atoms with E-state index in [1.807, 2.05) is 12.3 Å². The quantitative estimate of drug-likeness (QED) is 0.653. The van der Waals surface area contributed by atoms with Crippen LogP contribution in [0.5, 0.6) is 0 Å². The zero-order valence-corrected chi connectivity index (χ0v) is 15.1. The molecule has 0 bridgehead atoms. The minimum Gasteiger partial charge on any atom is -0.388 e. The maximum atomic E-state index is 12.3. The van der Waals surface area contributed by atoms with Crippen LogP contribution in [0.2, 0.25) is 0 Å². The van der Waals surface area contributed by atoms with Crippen molar-refractivity contribution < 1.29 is 13.3 Å². The van der Waals surface area contributed by atoms with Gasteiger partial charge < -0.3 is 4.84 Å². The predicted molar refractivity (Wildman–Crippen MR) is 90.2 cm³/mol. The van der Waals surface area contributed by atoms with Crippen LogP contribution in [0, 0.1) is 0 Å². The number of sulfonamides is 1.